The molecule has 70 valence electrons. The Morgan fingerprint density at radius 2 is 2.00 bits per heavy atom. The first kappa shape index (κ1) is 10.5. The molecule has 0 saturated carbocycles. The molecule has 1 heterocycles. The molecule has 0 spiro atoms. The number of H-pyrrole nitrogens is 1. The molecule has 5 heteroatoms. The van der Waals surface area contributed by atoms with Gasteiger partial charge < -0.3 is 0 Å². The van der Waals surface area contributed by atoms with Crippen LogP contribution in [0.1, 0.15) is 0 Å². The number of thiol groups is 1. The predicted octanol–water partition coefficient (Wildman–Crippen LogP) is 1.76. The monoisotopic (exact) mass is 284 g/mol. The van der Waals surface area contributed by atoms with Gasteiger partial charge in [-0.15, -0.1) is 12.6 Å². The van der Waals surface area contributed by atoms with Crippen LogP contribution in [-0.4, -0.2) is 15.2 Å². The van der Waals surface area contributed by atoms with E-state index in [9.17, 15) is 0 Å². The number of nitrogens with one attached hydrogen (secondary N) is 1. The number of nitrogens with zero attached hydrogens (tertiary/aromatic N) is 2. The summed E-state index contributed by atoms with van der Waals surface area (Å²) in [6.45, 7) is 0. The molecule has 3 nitrogen and oxygen atoms in total. The minimum Gasteiger partial charge on any atom is -0.259 e. The molecule has 0 amide bonds. The first-order chi connectivity index (χ1) is 5.88. The van der Waals surface area contributed by atoms with Crippen LogP contribution in [0.4, 0.5) is 0 Å². The molecular weight excluding hydrogens is 278 g/mol. The van der Waals surface area contributed by atoms with Crippen molar-refractivity contribution in [2.75, 3.05) is 0 Å². The van der Waals surface area contributed by atoms with Gasteiger partial charge in [-0.2, -0.15) is 5.10 Å². The van der Waals surface area contributed by atoms with Crippen LogP contribution in [0.2, 0.25) is 0 Å². The molecule has 1 N–H and O–H groups in total. The Morgan fingerprint density at radius 3 is 2.62 bits per heavy atom. The summed E-state index contributed by atoms with van der Waals surface area (Å²) in [4.78, 5) is 4.93. The topological polar surface area (TPSA) is 41.6 Å². The maximum atomic E-state index is 4.30. The average molecular weight is 285 g/mol. The Hall–Kier alpha value is -0.550. The first-order valence-electron chi connectivity index (χ1n) is 3.51. The van der Waals surface area contributed by atoms with E-state index in [0.717, 1.165) is 16.3 Å². The number of aromatic amines is 1. The largest absolute Gasteiger partial charge is 1.00 e. The van der Waals surface area contributed by atoms with Gasteiger partial charge >= 0.3 is 22.4 Å². The van der Waals surface area contributed by atoms with Crippen LogP contribution in [0.25, 0.3) is 11.4 Å². The molecule has 0 aliphatic heterocycles. The van der Waals surface area contributed by atoms with Gasteiger partial charge in [-0.25, -0.2) is 4.98 Å². The summed E-state index contributed by atoms with van der Waals surface area (Å²) < 4.78 is 0. The molecule has 0 aliphatic rings. The summed E-state index contributed by atoms with van der Waals surface area (Å²) in [5, 5.41) is 6.55. The van der Waals surface area contributed by atoms with Gasteiger partial charge in [0.05, 0.1) is 0 Å². The summed E-state index contributed by atoms with van der Waals surface area (Å²) in [5.41, 5.74) is 0.971. The second-order valence-corrected chi connectivity index (χ2v) is 2.83. The third-order valence-electron chi connectivity index (χ3n) is 1.57. The van der Waals surface area contributed by atoms with Gasteiger partial charge in [0.25, 0.3) is 0 Å². The number of aromatic nitrogens is 3. The Balaban J connectivity index is 0.000000845. The van der Waals surface area contributed by atoms with Gasteiger partial charge in [-0.05, 0) is 6.07 Å². The van der Waals surface area contributed by atoms with Crippen molar-refractivity contribution in [1.82, 2.24) is 15.2 Å². The molecule has 0 fully saturated rings. The zero-order chi connectivity index (χ0) is 8.39. The van der Waals surface area contributed by atoms with E-state index in [1.54, 1.807) is 0 Å². The second kappa shape index (κ2) is 4.62. The quantitative estimate of drug-likeness (QED) is 0.619. The van der Waals surface area contributed by atoms with E-state index in [4.69, 9.17) is 0 Å². The van der Waals surface area contributed by atoms with Crippen LogP contribution in [0.15, 0.2) is 35.5 Å². The van der Waals surface area contributed by atoms with Crippen molar-refractivity contribution in [3.63, 3.8) is 0 Å². The molecule has 0 unspecified atom stereocenters. The normalized spacial score (nSPS) is 9.31. The maximum Gasteiger partial charge on any atom is 1.00 e. The van der Waals surface area contributed by atoms with Crippen LogP contribution >= 0.6 is 12.6 Å². The van der Waals surface area contributed by atoms with E-state index in [-0.39, 0.29) is 22.4 Å². The van der Waals surface area contributed by atoms with Crippen molar-refractivity contribution in [2.45, 2.75) is 4.90 Å². The molecule has 13 heavy (non-hydrogen) atoms. The van der Waals surface area contributed by atoms with Gasteiger partial charge in [-0.1, -0.05) is 18.2 Å². The van der Waals surface area contributed by atoms with Gasteiger partial charge in [0.15, 0.2) is 5.82 Å². The van der Waals surface area contributed by atoms with Crippen LogP contribution in [0.5, 0.6) is 0 Å². The molecular formula is C8H7AgN3S+. The predicted molar refractivity (Wildman–Crippen MR) is 49.1 cm³/mol. The van der Waals surface area contributed by atoms with Gasteiger partial charge in [0.1, 0.15) is 6.33 Å². The fourth-order valence-corrected chi connectivity index (χ4v) is 1.28. The summed E-state index contributed by atoms with van der Waals surface area (Å²) in [7, 11) is 0. The van der Waals surface area contributed by atoms with Crippen molar-refractivity contribution < 1.29 is 22.4 Å². The summed E-state index contributed by atoms with van der Waals surface area (Å²) in [6, 6.07) is 7.74. The van der Waals surface area contributed by atoms with Gasteiger partial charge in [0, 0.05) is 10.5 Å². The van der Waals surface area contributed by atoms with Crippen LogP contribution < -0.4 is 0 Å². The second-order valence-electron chi connectivity index (χ2n) is 2.35. The molecule has 0 bridgehead atoms. The Kier molecular flexibility index (Phi) is 3.74. The SMILES string of the molecule is Sc1ccccc1-c1ncn[nH]1.[Ag+]. The van der Waals surface area contributed by atoms with E-state index in [2.05, 4.69) is 27.8 Å². The van der Waals surface area contributed by atoms with E-state index >= 15 is 0 Å². The third-order valence-corrected chi connectivity index (χ3v) is 1.96. The van der Waals surface area contributed by atoms with Crippen LogP contribution in [0, 0.1) is 0 Å². The van der Waals surface area contributed by atoms with E-state index in [1.165, 1.54) is 6.33 Å². The molecule has 0 saturated heterocycles. The molecule has 2 aromatic rings. The Labute approximate surface area is 96.9 Å². The van der Waals surface area contributed by atoms with Crippen molar-refractivity contribution in [3.05, 3.63) is 30.6 Å². The van der Waals surface area contributed by atoms with Crippen LogP contribution in [-0.2, 0) is 22.4 Å². The zero-order valence-electron chi connectivity index (χ0n) is 6.53. The van der Waals surface area contributed by atoms with Gasteiger partial charge in [0.2, 0.25) is 0 Å². The fraction of sp³-hybridized carbons (Fsp3) is 0. The maximum absolute atomic E-state index is 4.30. The Morgan fingerprint density at radius 1 is 1.23 bits per heavy atom. The minimum atomic E-state index is 0. The summed E-state index contributed by atoms with van der Waals surface area (Å²) in [6.07, 6.45) is 1.48. The summed E-state index contributed by atoms with van der Waals surface area (Å²) in [5.74, 6) is 0.751. The van der Waals surface area contributed by atoms with E-state index in [1.807, 2.05) is 24.3 Å². The number of hydrogen-bond acceptors (Lipinski definition) is 3. The number of rotatable bonds is 1. The molecule has 2 rings (SSSR count). The first-order valence-corrected chi connectivity index (χ1v) is 3.96. The smallest absolute Gasteiger partial charge is 0.259 e. The van der Waals surface area contributed by atoms with E-state index < -0.39 is 0 Å². The van der Waals surface area contributed by atoms with Gasteiger partial charge in [-0.3, -0.25) is 5.10 Å². The van der Waals surface area contributed by atoms with E-state index in [0.29, 0.717) is 0 Å². The average Bonchev–Trinajstić information content (AvgIpc) is 2.57. The number of hydrogen-bond donors (Lipinski definition) is 2. The van der Waals surface area contributed by atoms with Crippen molar-refractivity contribution >= 4 is 12.6 Å². The molecule has 1 aromatic heterocycles. The molecule has 0 aliphatic carbocycles. The standard InChI is InChI=1S/C8H7N3S.Ag/c12-7-4-2-1-3-6(7)8-9-5-10-11-8;/h1-5,12H,(H,9,10,11);/q;+1. The fourth-order valence-electron chi connectivity index (χ4n) is 1.01. The third kappa shape index (κ3) is 2.22. The molecule has 0 radical (unpaired) electrons. The summed E-state index contributed by atoms with van der Waals surface area (Å²) >= 11 is 4.30. The minimum absolute atomic E-state index is 0. The van der Waals surface area contributed by atoms with Crippen molar-refractivity contribution in [2.24, 2.45) is 0 Å². The zero-order valence-corrected chi connectivity index (χ0v) is 8.91. The Bertz CT molecular complexity index is 375. The molecule has 1 aromatic carbocycles. The van der Waals surface area contributed by atoms with Crippen molar-refractivity contribution in [3.8, 4) is 11.4 Å². The number of benzene rings is 1. The molecule has 0 atom stereocenters. The van der Waals surface area contributed by atoms with Crippen LogP contribution in [0.3, 0.4) is 0 Å². The van der Waals surface area contributed by atoms with Crippen molar-refractivity contribution in [1.29, 1.82) is 0 Å².